The summed E-state index contributed by atoms with van der Waals surface area (Å²) in [6.07, 6.45) is 3.25. The fraction of sp³-hybridized carbons (Fsp3) is 0.500. The predicted octanol–water partition coefficient (Wildman–Crippen LogP) is 2.08. The monoisotopic (exact) mass is 259 g/mol. The van der Waals surface area contributed by atoms with E-state index in [2.05, 4.69) is 42.6 Å². The molecule has 0 saturated heterocycles. The van der Waals surface area contributed by atoms with Gasteiger partial charge in [-0.05, 0) is 18.5 Å². The van der Waals surface area contributed by atoms with E-state index in [4.69, 9.17) is 4.55 Å². The SMILES string of the molecule is CCCCNCc1ccccc1.CS(=O)(=O)O. The highest BCUT2D eigenvalue weighted by atomic mass is 32.2. The van der Waals surface area contributed by atoms with E-state index in [9.17, 15) is 8.42 Å². The molecule has 0 heterocycles. The van der Waals surface area contributed by atoms with Gasteiger partial charge in [-0.3, -0.25) is 4.55 Å². The summed E-state index contributed by atoms with van der Waals surface area (Å²) < 4.78 is 25.9. The highest BCUT2D eigenvalue weighted by molar-refractivity contribution is 7.85. The van der Waals surface area contributed by atoms with Crippen LogP contribution in [0.3, 0.4) is 0 Å². The first kappa shape index (κ1) is 16.1. The molecule has 0 radical (unpaired) electrons. The molecule has 0 fully saturated rings. The summed E-state index contributed by atoms with van der Waals surface area (Å²) in [6.45, 7) is 4.34. The Hall–Kier alpha value is -0.910. The van der Waals surface area contributed by atoms with Gasteiger partial charge in [-0.2, -0.15) is 8.42 Å². The molecule has 98 valence electrons. The third kappa shape index (κ3) is 15.1. The molecule has 4 nitrogen and oxygen atoms in total. The number of unbranched alkanes of at least 4 members (excludes halogenated alkanes) is 1. The third-order valence-electron chi connectivity index (χ3n) is 1.88. The second kappa shape index (κ2) is 9.15. The summed E-state index contributed by atoms with van der Waals surface area (Å²) in [7, 11) is -3.67. The van der Waals surface area contributed by atoms with Crippen LogP contribution in [0.1, 0.15) is 25.3 Å². The molecule has 0 aromatic heterocycles. The number of rotatable bonds is 5. The Morgan fingerprint density at radius 2 is 1.76 bits per heavy atom. The van der Waals surface area contributed by atoms with Crippen LogP contribution in [0, 0.1) is 0 Å². The van der Waals surface area contributed by atoms with Gasteiger partial charge in [0.25, 0.3) is 10.1 Å². The van der Waals surface area contributed by atoms with Crippen molar-refractivity contribution in [1.29, 1.82) is 0 Å². The zero-order valence-corrected chi connectivity index (χ0v) is 11.2. The maximum Gasteiger partial charge on any atom is 0.261 e. The van der Waals surface area contributed by atoms with Gasteiger partial charge in [0.05, 0.1) is 6.26 Å². The summed E-state index contributed by atoms with van der Waals surface area (Å²) in [4.78, 5) is 0. The van der Waals surface area contributed by atoms with Crippen molar-refractivity contribution < 1.29 is 13.0 Å². The molecule has 0 aliphatic rings. The van der Waals surface area contributed by atoms with Crippen molar-refractivity contribution in [3.05, 3.63) is 35.9 Å². The second-order valence-corrected chi connectivity index (χ2v) is 5.21. The van der Waals surface area contributed by atoms with E-state index >= 15 is 0 Å². The van der Waals surface area contributed by atoms with Crippen molar-refractivity contribution in [2.75, 3.05) is 12.8 Å². The van der Waals surface area contributed by atoms with Gasteiger partial charge >= 0.3 is 0 Å². The van der Waals surface area contributed by atoms with Gasteiger partial charge in [-0.1, -0.05) is 43.7 Å². The van der Waals surface area contributed by atoms with E-state index in [1.54, 1.807) is 0 Å². The molecule has 0 amide bonds. The van der Waals surface area contributed by atoms with E-state index in [1.807, 2.05) is 0 Å². The summed E-state index contributed by atoms with van der Waals surface area (Å²) in [5.41, 5.74) is 1.37. The van der Waals surface area contributed by atoms with E-state index in [0.717, 1.165) is 13.1 Å². The van der Waals surface area contributed by atoms with Gasteiger partial charge in [0.15, 0.2) is 0 Å². The van der Waals surface area contributed by atoms with Crippen LogP contribution in [0.4, 0.5) is 0 Å². The first-order valence-electron chi connectivity index (χ1n) is 5.60. The quantitative estimate of drug-likeness (QED) is 0.627. The number of nitrogens with one attached hydrogen (secondary N) is 1. The van der Waals surface area contributed by atoms with E-state index in [1.165, 1.54) is 18.4 Å². The molecule has 1 aromatic rings. The minimum Gasteiger partial charge on any atom is -0.313 e. The molecule has 0 bridgehead atoms. The number of hydrogen-bond donors (Lipinski definition) is 2. The first-order chi connectivity index (χ1) is 7.93. The van der Waals surface area contributed by atoms with Crippen LogP contribution in [-0.2, 0) is 16.7 Å². The van der Waals surface area contributed by atoms with Crippen LogP contribution in [0.2, 0.25) is 0 Å². The second-order valence-electron chi connectivity index (χ2n) is 3.75. The Balaban J connectivity index is 0.000000437. The van der Waals surface area contributed by atoms with Crippen LogP contribution >= 0.6 is 0 Å². The molecule has 0 spiro atoms. The van der Waals surface area contributed by atoms with Crippen LogP contribution < -0.4 is 5.32 Å². The molecular formula is C12H21NO3S. The lowest BCUT2D eigenvalue weighted by atomic mass is 10.2. The minimum atomic E-state index is -3.67. The lowest BCUT2D eigenvalue weighted by Gasteiger charge is -2.02. The zero-order chi connectivity index (χ0) is 13.1. The fourth-order valence-electron chi connectivity index (χ4n) is 1.13. The Bertz CT molecular complexity index is 368. The van der Waals surface area contributed by atoms with Crippen molar-refractivity contribution in [2.45, 2.75) is 26.3 Å². The molecule has 1 aromatic carbocycles. The van der Waals surface area contributed by atoms with Crippen molar-refractivity contribution in [3.63, 3.8) is 0 Å². The van der Waals surface area contributed by atoms with Crippen LogP contribution in [-0.4, -0.2) is 25.8 Å². The maximum absolute atomic E-state index is 9.19. The van der Waals surface area contributed by atoms with Crippen molar-refractivity contribution in [3.8, 4) is 0 Å². The molecule has 0 saturated carbocycles. The van der Waals surface area contributed by atoms with Crippen LogP contribution in [0.25, 0.3) is 0 Å². The Kier molecular flexibility index (Phi) is 8.66. The normalized spacial score (nSPS) is 10.5. The third-order valence-corrected chi connectivity index (χ3v) is 1.88. The summed E-state index contributed by atoms with van der Waals surface area (Å²) in [6, 6.07) is 10.5. The average Bonchev–Trinajstić information content (AvgIpc) is 2.24. The smallest absolute Gasteiger partial charge is 0.261 e. The van der Waals surface area contributed by atoms with E-state index < -0.39 is 10.1 Å². The summed E-state index contributed by atoms with van der Waals surface area (Å²) in [5, 5.41) is 3.40. The summed E-state index contributed by atoms with van der Waals surface area (Å²) in [5.74, 6) is 0. The molecule has 0 unspecified atom stereocenters. The summed E-state index contributed by atoms with van der Waals surface area (Å²) >= 11 is 0. The molecule has 17 heavy (non-hydrogen) atoms. The number of benzene rings is 1. The van der Waals surface area contributed by atoms with Gasteiger partial charge in [0, 0.05) is 6.54 Å². The molecule has 1 rings (SSSR count). The van der Waals surface area contributed by atoms with Crippen molar-refractivity contribution in [1.82, 2.24) is 5.32 Å². The van der Waals surface area contributed by atoms with Gasteiger partial charge in [-0.15, -0.1) is 0 Å². The Morgan fingerprint density at radius 1 is 1.24 bits per heavy atom. The van der Waals surface area contributed by atoms with Crippen molar-refractivity contribution >= 4 is 10.1 Å². The predicted molar refractivity (Wildman–Crippen MR) is 70.5 cm³/mol. The van der Waals surface area contributed by atoms with Crippen LogP contribution in [0.5, 0.6) is 0 Å². The zero-order valence-electron chi connectivity index (χ0n) is 10.4. The van der Waals surface area contributed by atoms with Gasteiger partial charge < -0.3 is 5.32 Å². The largest absolute Gasteiger partial charge is 0.313 e. The molecule has 5 heteroatoms. The standard InChI is InChI=1S/C11H17N.CH4O3S/c1-2-3-9-12-10-11-7-5-4-6-8-11;1-5(2,3)4/h4-8,12H,2-3,9-10H2,1H3;1H3,(H,2,3,4). The first-order valence-corrected chi connectivity index (χ1v) is 7.45. The molecule has 0 atom stereocenters. The van der Waals surface area contributed by atoms with Gasteiger partial charge in [0.2, 0.25) is 0 Å². The molecule has 0 aliphatic carbocycles. The highest BCUT2D eigenvalue weighted by Gasteiger charge is 1.88. The number of hydrogen-bond acceptors (Lipinski definition) is 3. The lowest BCUT2D eigenvalue weighted by molar-refractivity contribution is 0.490. The van der Waals surface area contributed by atoms with Gasteiger partial charge in [-0.25, -0.2) is 0 Å². The Labute approximate surface area is 104 Å². The molecule has 0 aliphatic heterocycles. The van der Waals surface area contributed by atoms with Crippen molar-refractivity contribution in [2.24, 2.45) is 0 Å². The average molecular weight is 259 g/mol. The van der Waals surface area contributed by atoms with E-state index in [0.29, 0.717) is 6.26 Å². The van der Waals surface area contributed by atoms with Crippen LogP contribution in [0.15, 0.2) is 30.3 Å². The Morgan fingerprint density at radius 3 is 2.24 bits per heavy atom. The van der Waals surface area contributed by atoms with E-state index in [-0.39, 0.29) is 0 Å². The lowest BCUT2D eigenvalue weighted by Crippen LogP contribution is -2.14. The molecule has 2 N–H and O–H groups in total. The van der Waals surface area contributed by atoms with Gasteiger partial charge in [0.1, 0.15) is 0 Å². The maximum atomic E-state index is 9.19. The topological polar surface area (TPSA) is 66.4 Å². The highest BCUT2D eigenvalue weighted by Crippen LogP contribution is 1.97. The minimum absolute atomic E-state index is 0.715. The molecular weight excluding hydrogens is 238 g/mol. The fourth-order valence-corrected chi connectivity index (χ4v) is 1.13.